The van der Waals surface area contributed by atoms with Gasteiger partial charge < -0.3 is 5.73 Å². The number of nitrogens with one attached hydrogen (secondary N) is 1. The number of urea groups is 1. The lowest BCUT2D eigenvalue weighted by molar-refractivity contribution is -0.118. The maximum atomic E-state index is 10.4. The van der Waals surface area contributed by atoms with Crippen molar-refractivity contribution in [1.29, 1.82) is 0 Å². The number of nitrogens with zero attached hydrogens (tertiary/aromatic N) is 1. The van der Waals surface area contributed by atoms with Crippen LogP contribution in [0.1, 0.15) is 6.42 Å². The second kappa shape index (κ2) is 1.85. The molecule has 1 aliphatic heterocycles. The van der Waals surface area contributed by atoms with E-state index >= 15 is 0 Å². The molecule has 5 heteroatoms. The fourth-order valence-corrected chi connectivity index (χ4v) is 0.526. The number of hydrogen-bond donors (Lipinski definition) is 2. The predicted octanol–water partition coefficient (Wildman–Crippen LogP) is -1.02. The van der Waals surface area contributed by atoms with E-state index in [-0.39, 0.29) is 12.3 Å². The van der Waals surface area contributed by atoms with Crippen LogP contribution in [0.25, 0.3) is 0 Å². The molecule has 48 valence electrons. The highest BCUT2D eigenvalue weighted by molar-refractivity contribution is 6.12. The number of carbonyl (C=O) groups excluding carboxylic acids is 2. The minimum absolute atomic E-state index is 0.0196. The Morgan fingerprint density at radius 2 is 2.22 bits per heavy atom. The maximum absolute atomic E-state index is 10.4. The predicted molar refractivity (Wildman–Crippen MR) is 29.8 cm³/mol. The third-order valence-corrected chi connectivity index (χ3v) is 0.833. The van der Waals surface area contributed by atoms with Gasteiger partial charge >= 0.3 is 6.03 Å². The van der Waals surface area contributed by atoms with Crippen molar-refractivity contribution in [2.24, 2.45) is 10.7 Å². The molecule has 0 radical (unpaired) electrons. The monoisotopic (exact) mass is 127 g/mol. The molecule has 0 saturated heterocycles. The summed E-state index contributed by atoms with van der Waals surface area (Å²) in [5.74, 6) is -0.323. The number of carbonyl (C=O) groups is 2. The number of hydrogen-bond acceptors (Lipinski definition) is 3. The lowest BCUT2D eigenvalue weighted by Gasteiger charge is -2.05. The lowest BCUT2D eigenvalue weighted by Crippen LogP contribution is -2.37. The standard InChI is InChI=1S/C4H5N3O2/c5-2-1-3(8)7-4(9)6-2/h1H2,(H3,5,6,7,8,9). The zero-order chi connectivity index (χ0) is 6.85. The summed E-state index contributed by atoms with van der Waals surface area (Å²) in [6.45, 7) is 0. The SMILES string of the molecule is NC1=NC(=O)NC(=O)C1. The van der Waals surface area contributed by atoms with Gasteiger partial charge in [-0.3, -0.25) is 10.1 Å². The first-order chi connectivity index (χ1) is 4.18. The number of imide groups is 1. The maximum Gasteiger partial charge on any atom is 0.349 e. The molecule has 0 saturated carbocycles. The van der Waals surface area contributed by atoms with Crippen LogP contribution >= 0.6 is 0 Å². The van der Waals surface area contributed by atoms with Crippen LogP contribution in [0.4, 0.5) is 4.79 Å². The highest BCUT2D eigenvalue weighted by atomic mass is 16.2. The highest BCUT2D eigenvalue weighted by Gasteiger charge is 2.14. The van der Waals surface area contributed by atoms with Crippen molar-refractivity contribution in [3.8, 4) is 0 Å². The molecule has 9 heavy (non-hydrogen) atoms. The van der Waals surface area contributed by atoms with Crippen LogP contribution in [0.2, 0.25) is 0 Å². The Morgan fingerprint density at radius 3 is 2.67 bits per heavy atom. The van der Waals surface area contributed by atoms with Crippen LogP contribution in [0, 0.1) is 0 Å². The molecule has 0 atom stereocenters. The van der Waals surface area contributed by atoms with Crippen LogP contribution in [0.5, 0.6) is 0 Å². The van der Waals surface area contributed by atoms with Gasteiger partial charge in [-0.15, -0.1) is 0 Å². The Kier molecular flexibility index (Phi) is 1.18. The average molecular weight is 127 g/mol. The number of rotatable bonds is 0. The average Bonchev–Trinajstić information content (AvgIpc) is 1.59. The van der Waals surface area contributed by atoms with Crippen molar-refractivity contribution < 1.29 is 9.59 Å². The largest absolute Gasteiger partial charge is 0.387 e. The molecular weight excluding hydrogens is 122 g/mol. The Balaban J connectivity index is 2.79. The quantitative estimate of drug-likeness (QED) is 0.437. The van der Waals surface area contributed by atoms with Crippen molar-refractivity contribution in [3.05, 3.63) is 0 Å². The number of amides is 3. The highest BCUT2D eigenvalue weighted by Crippen LogP contribution is 1.89. The summed E-state index contributed by atoms with van der Waals surface area (Å²) < 4.78 is 0. The smallest absolute Gasteiger partial charge is 0.349 e. The van der Waals surface area contributed by atoms with Crippen LogP contribution in [0.3, 0.4) is 0 Å². The molecule has 1 rings (SSSR count). The molecule has 3 N–H and O–H groups in total. The fourth-order valence-electron chi connectivity index (χ4n) is 0.526. The molecular formula is C4H5N3O2. The summed E-state index contributed by atoms with van der Waals surface area (Å²) in [5.41, 5.74) is 5.08. The molecule has 0 fully saturated rings. The Bertz CT molecular complexity index is 196. The Hall–Kier alpha value is -1.39. The molecule has 0 aromatic heterocycles. The van der Waals surface area contributed by atoms with Crippen LogP contribution in [-0.2, 0) is 4.79 Å². The van der Waals surface area contributed by atoms with Gasteiger partial charge in [0.1, 0.15) is 5.84 Å². The van der Waals surface area contributed by atoms with Gasteiger partial charge in [0.25, 0.3) is 0 Å². The Labute approximate surface area is 50.9 Å². The molecule has 0 aliphatic carbocycles. The minimum Gasteiger partial charge on any atom is -0.387 e. The van der Waals surface area contributed by atoms with E-state index < -0.39 is 11.9 Å². The number of aliphatic imine (C=N–C) groups is 1. The fraction of sp³-hybridized carbons (Fsp3) is 0.250. The molecule has 0 spiro atoms. The van der Waals surface area contributed by atoms with Crippen molar-refractivity contribution >= 4 is 17.8 Å². The third kappa shape index (κ3) is 1.25. The van der Waals surface area contributed by atoms with E-state index in [1.165, 1.54) is 0 Å². The molecule has 1 heterocycles. The topological polar surface area (TPSA) is 84.5 Å². The Morgan fingerprint density at radius 1 is 1.56 bits per heavy atom. The summed E-state index contributed by atoms with van der Waals surface area (Å²) in [6.07, 6.45) is 0.0196. The van der Waals surface area contributed by atoms with Gasteiger partial charge in [-0.05, 0) is 0 Å². The molecule has 0 unspecified atom stereocenters. The van der Waals surface area contributed by atoms with Gasteiger partial charge in [-0.2, -0.15) is 4.99 Å². The van der Waals surface area contributed by atoms with Crippen LogP contribution in [-0.4, -0.2) is 17.8 Å². The number of amidine groups is 1. The van der Waals surface area contributed by atoms with Crippen molar-refractivity contribution in [3.63, 3.8) is 0 Å². The van der Waals surface area contributed by atoms with Crippen molar-refractivity contribution in [2.45, 2.75) is 6.42 Å². The van der Waals surface area contributed by atoms with Gasteiger partial charge in [-0.1, -0.05) is 0 Å². The normalized spacial score (nSPS) is 18.9. The van der Waals surface area contributed by atoms with Gasteiger partial charge in [0.15, 0.2) is 0 Å². The molecule has 0 aromatic rings. The van der Waals surface area contributed by atoms with Gasteiger partial charge in [-0.25, -0.2) is 4.79 Å². The van der Waals surface area contributed by atoms with Crippen molar-refractivity contribution in [2.75, 3.05) is 0 Å². The second-order valence-electron chi connectivity index (χ2n) is 1.63. The zero-order valence-electron chi connectivity index (χ0n) is 4.55. The van der Waals surface area contributed by atoms with Gasteiger partial charge in [0.05, 0.1) is 6.42 Å². The molecule has 0 bridgehead atoms. The second-order valence-corrected chi connectivity index (χ2v) is 1.63. The van der Waals surface area contributed by atoms with Gasteiger partial charge in [0, 0.05) is 0 Å². The van der Waals surface area contributed by atoms with E-state index in [1.54, 1.807) is 0 Å². The van der Waals surface area contributed by atoms with E-state index in [9.17, 15) is 9.59 Å². The first kappa shape index (κ1) is 5.74. The van der Waals surface area contributed by atoms with E-state index in [4.69, 9.17) is 5.73 Å². The lowest BCUT2D eigenvalue weighted by atomic mass is 10.3. The zero-order valence-corrected chi connectivity index (χ0v) is 4.55. The summed E-state index contributed by atoms with van der Waals surface area (Å²) in [7, 11) is 0. The summed E-state index contributed by atoms with van der Waals surface area (Å²) >= 11 is 0. The van der Waals surface area contributed by atoms with E-state index in [2.05, 4.69) is 4.99 Å². The molecule has 3 amide bonds. The number of nitrogens with two attached hydrogens (primary N) is 1. The third-order valence-electron chi connectivity index (χ3n) is 0.833. The minimum atomic E-state index is -0.677. The van der Waals surface area contributed by atoms with E-state index in [1.807, 2.05) is 5.32 Å². The molecule has 1 aliphatic rings. The van der Waals surface area contributed by atoms with E-state index in [0.29, 0.717) is 0 Å². The molecule has 0 aromatic carbocycles. The first-order valence-electron chi connectivity index (χ1n) is 2.35. The summed E-state index contributed by atoms with van der Waals surface area (Å²) in [4.78, 5) is 23.9. The van der Waals surface area contributed by atoms with Crippen LogP contribution < -0.4 is 11.1 Å². The van der Waals surface area contributed by atoms with E-state index in [0.717, 1.165) is 0 Å². The summed E-state index contributed by atoms with van der Waals surface area (Å²) in [5, 5.41) is 1.96. The first-order valence-corrected chi connectivity index (χ1v) is 2.35. The van der Waals surface area contributed by atoms with Gasteiger partial charge in [0.2, 0.25) is 5.91 Å². The van der Waals surface area contributed by atoms with Crippen LogP contribution in [0.15, 0.2) is 4.99 Å². The summed E-state index contributed by atoms with van der Waals surface area (Å²) in [6, 6.07) is -0.677. The molecule has 5 nitrogen and oxygen atoms in total. The van der Waals surface area contributed by atoms with Crippen molar-refractivity contribution in [1.82, 2.24) is 5.32 Å².